The first-order chi connectivity index (χ1) is 19.5. The van der Waals surface area contributed by atoms with Crippen LogP contribution in [0.2, 0.25) is 5.02 Å². The van der Waals surface area contributed by atoms with Crippen molar-refractivity contribution in [2.24, 2.45) is 29.6 Å². The van der Waals surface area contributed by atoms with Crippen molar-refractivity contribution in [1.29, 1.82) is 0 Å². The molecule has 2 amide bonds. The number of H-pyrrole nitrogens is 1. The molecular formula is C31H23ClN2O4S2. The molecule has 2 bridgehead atoms. The number of rotatable bonds is 4. The Hall–Kier alpha value is -3.33. The number of aromatic nitrogens is 1. The topological polar surface area (TPSA) is 79.5 Å². The molecule has 3 fully saturated rings. The van der Waals surface area contributed by atoms with E-state index in [-0.39, 0.29) is 57.4 Å². The zero-order valence-electron chi connectivity index (χ0n) is 21.0. The number of thioether (sulfide) groups is 1. The number of imide groups is 1. The number of nitrogens with zero attached hydrogens (tertiary/aromatic N) is 1. The van der Waals surface area contributed by atoms with Crippen molar-refractivity contribution in [3.63, 3.8) is 0 Å². The molecule has 40 heavy (non-hydrogen) atoms. The second kappa shape index (κ2) is 9.09. The molecule has 1 aromatic heterocycles. The predicted molar refractivity (Wildman–Crippen MR) is 155 cm³/mol. The average molecular weight is 587 g/mol. The van der Waals surface area contributed by atoms with Crippen LogP contribution >= 0.6 is 34.7 Å². The molecule has 2 aliphatic heterocycles. The van der Waals surface area contributed by atoms with Crippen LogP contribution in [-0.2, 0) is 9.59 Å². The van der Waals surface area contributed by atoms with Crippen LogP contribution in [-0.4, -0.2) is 22.0 Å². The zero-order valence-corrected chi connectivity index (χ0v) is 23.4. The van der Waals surface area contributed by atoms with Gasteiger partial charge in [-0.1, -0.05) is 53.3 Å². The lowest BCUT2D eigenvalue weighted by atomic mass is 9.68. The Kier molecular flexibility index (Phi) is 5.56. The van der Waals surface area contributed by atoms with Crippen molar-refractivity contribution in [3.8, 4) is 11.5 Å². The van der Waals surface area contributed by atoms with Gasteiger partial charge in [-0.25, -0.2) is 0 Å². The summed E-state index contributed by atoms with van der Waals surface area (Å²) < 4.78 is 6.16. The summed E-state index contributed by atoms with van der Waals surface area (Å²) in [5.41, 5.74) is 1.64. The van der Waals surface area contributed by atoms with Crippen molar-refractivity contribution in [2.75, 3.05) is 4.90 Å². The van der Waals surface area contributed by atoms with Crippen molar-refractivity contribution < 1.29 is 14.3 Å². The first-order valence-corrected chi connectivity index (χ1v) is 15.4. The number of amides is 2. The number of hydrogen-bond donors (Lipinski definition) is 1. The van der Waals surface area contributed by atoms with Crippen molar-refractivity contribution in [1.82, 2.24) is 4.98 Å². The van der Waals surface area contributed by atoms with Gasteiger partial charge >= 0.3 is 4.87 Å². The van der Waals surface area contributed by atoms with Gasteiger partial charge in [0.05, 0.1) is 22.5 Å². The molecule has 2 saturated carbocycles. The van der Waals surface area contributed by atoms with Gasteiger partial charge in [-0.3, -0.25) is 19.3 Å². The molecule has 2 aliphatic carbocycles. The minimum absolute atomic E-state index is 0.0512. The van der Waals surface area contributed by atoms with E-state index in [4.69, 9.17) is 16.3 Å². The molecule has 200 valence electrons. The van der Waals surface area contributed by atoms with Crippen molar-refractivity contribution >= 4 is 52.2 Å². The number of ether oxygens (including phenoxy) is 1. The summed E-state index contributed by atoms with van der Waals surface area (Å²) in [6, 6.07) is 24.6. The predicted octanol–water partition coefficient (Wildman–Crippen LogP) is 6.56. The molecule has 9 heteroatoms. The standard InChI is InChI=1S/C31H23ClN2O4S2/c32-16-9-11-17(12-10-16)34-29(35)24-20-14-21(25(24)30(34)36)26-23(20)22(27-28(39-26)33-31(37)40-27)15-5-4-8-19(13-15)38-18-6-2-1-3-7-18/h1-13,20-26H,14H2,(H,33,37)/t20-,21-,22?,23?,24?,25?,26?/m1/s1. The highest BCUT2D eigenvalue weighted by Gasteiger charge is 2.69. The zero-order chi connectivity index (χ0) is 27.1. The normalized spacial score (nSPS) is 29.8. The van der Waals surface area contributed by atoms with E-state index >= 15 is 0 Å². The van der Waals surface area contributed by atoms with E-state index < -0.39 is 0 Å². The fraction of sp³-hybridized carbons (Fsp3) is 0.258. The third-order valence-electron chi connectivity index (χ3n) is 9.00. The van der Waals surface area contributed by atoms with E-state index in [1.165, 1.54) is 16.2 Å². The number of para-hydroxylation sites is 1. The van der Waals surface area contributed by atoms with Crippen LogP contribution in [0, 0.1) is 29.6 Å². The van der Waals surface area contributed by atoms with Gasteiger partial charge in [0, 0.05) is 21.1 Å². The molecule has 1 N–H and O–H groups in total. The van der Waals surface area contributed by atoms with Crippen LogP contribution in [0.3, 0.4) is 0 Å². The lowest BCUT2D eigenvalue weighted by molar-refractivity contribution is -0.123. The number of aromatic amines is 1. The minimum atomic E-state index is -0.349. The average Bonchev–Trinajstić information content (AvgIpc) is 3.69. The summed E-state index contributed by atoms with van der Waals surface area (Å²) in [5, 5.41) is 1.59. The van der Waals surface area contributed by atoms with Crippen LogP contribution in [0.1, 0.15) is 22.8 Å². The van der Waals surface area contributed by atoms with Crippen LogP contribution < -0.4 is 14.5 Å². The maximum Gasteiger partial charge on any atom is 0.305 e. The van der Waals surface area contributed by atoms with E-state index in [2.05, 4.69) is 17.1 Å². The van der Waals surface area contributed by atoms with Crippen LogP contribution in [0.4, 0.5) is 5.69 Å². The maximum absolute atomic E-state index is 13.9. The lowest BCUT2D eigenvalue weighted by Gasteiger charge is -2.43. The van der Waals surface area contributed by atoms with Gasteiger partial charge in [0.2, 0.25) is 11.8 Å². The van der Waals surface area contributed by atoms with Gasteiger partial charge in [-0.2, -0.15) is 0 Å². The second-order valence-electron chi connectivity index (χ2n) is 10.9. The molecule has 3 heterocycles. The van der Waals surface area contributed by atoms with E-state index in [9.17, 15) is 14.4 Å². The highest BCUT2D eigenvalue weighted by molar-refractivity contribution is 8.00. The second-order valence-corrected chi connectivity index (χ2v) is 13.6. The van der Waals surface area contributed by atoms with Crippen molar-refractivity contribution in [2.45, 2.75) is 22.6 Å². The molecule has 0 radical (unpaired) electrons. The van der Waals surface area contributed by atoms with Gasteiger partial charge in [-0.15, -0.1) is 11.8 Å². The van der Waals surface area contributed by atoms with Crippen LogP contribution in [0.15, 0.2) is 88.7 Å². The Bertz CT molecular complexity index is 1720. The Morgan fingerprint density at radius 3 is 2.35 bits per heavy atom. The van der Waals surface area contributed by atoms with E-state index in [0.717, 1.165) is 33.4 Å². The SMILES string of the molecule is O=C1C2C(C(=O)N1c1ccc(Cl)cc1)[C@@H]1C[C@H]2C2Sc3[nH]c(=O)sc3C(c3cccc(Oc4ccccc4)c3)C21. The number of hydrogen-bond acceptors (Lipinski definition) is 6. The molecular weight excluding hydrogens is 564 g/mol. The molecule has 7 atom stereocenters. The van der Waals surface area contributed by atoms with Gasteiger partial charge < -0.3 is 9.72 Å². The number of anilines is 1. The van der Waals surface area contributed by atoms with Gasteiger partial charge in [0.15, 0.2) is 0 Å². The van der Waals surface area contributed by atoms with Crippen molar-refractivity contribution in [3.05, 3.63) is 104 Å². The highest BCUT2D eigenvalue weighted by atomic mass is 35.5. The fourth-order valence-electron chi connectivity index (χ4n) is 7.63. The summed E-state index contributed by atoms with van der Waals surface area (Å²) in [7, 11) is 0. The Morgan fingerprint density at radius 1 is 0.850 bits per heavy atom. The Balaban J connectivity index is 1.19. The lowest BCUT2D eigenvalue weighted by Crippen LogP contribution is -2.42. The minimum Gasteiger partial charge on any atom is -0.457 e. The third-order valence-corrected chi connectivity index (χ3v) is 11.8. The summed E-state index contributed by atoms with van der Waals surface area (Å²) >= 11 is 9.03. The highest BCUT2D eigenvalue weighted by Crippen LogP contribution is 2.68. The first-order valence-electron chi connectivity index (χ1n) is 13.3. The summed E-state index contributed by atoms with van der Waals surface area (Å²) in [6.45, 7) is 0. The molecule has 8 rings (SSSR count). The molecule has 0 spiro atoms. The van der Waals surface area contributed by atoms with Gasteiger partial charge in [-0.05, 0) is 78.3 Å². The number of thiazole rings is 1. The van der Waals surface area contributed by atoms with Gasteiger partial charge in [0.25, 0.3) is 0 Å². The Morgan fingerprint density at radius 2 is 1.57 bits per heavy atom. The number of carbonyl (C=O) groups excluding carboxylic acids is 2. The quantitative estimate of drug-likeness (QED) is 0.274. The Labute approximate surface area is 243 Å². The smallest absolute Gasteiger partial charge is 0.305 e. The molecule has 1 saturated heterocycles. The number of benzene rings is 3. The van der Waals surface area contributed by atoms with E-state index in [1.807, 2.05) is 42.5 Å². The monoisotopic (exact) mass is 586 g/mol. The van der Waals surface area contributed by atoms with E-state index in [1.54, 1.807) is 36.0 Å². The van der Waals surface area contributed by atoms with Gasteiger partial charge in [0.1, 0.15) is 11.5 Å². The summed E-state index contributed by atoms with van der Waals surface area (Å²) in [4.78, 5) is 45.6. The third kappa shape index (κ3) is 3.59. The summed E-state index contributed by atoms with van der Waals surface area (Å²) in [5.74, 6) is 0.771. The first kappa shape index (κ1) is 24.5. The molecule has 4 aromatic rings. The molecule has 4 aliphatic rings. The molecule has 6 nitrogen and oxygen atoms in total. The van der Waals surface area contributed by atoms with Crippen LogP contribution in [0.5, 0.6) is 11.5 Å². The largest absolute Gasteiger partial charge is 0.457 e. The number of carbonyl (C=O) groups is 2. The number of halogens is 1. The van der Waals surface area contributed by atoms with Crippen LogP contribution in [0.25, 0.3) is 0 Å². The fourth-order valence-corrected chi connectivity index (χ4v) is 10.6. The molecule has 5 unspecified atom stereocenters. The number of nitrogens with one attached hydrogen (secondary N) is 1. The number of fused-ring (bicyclic) bond motifs is 9. The van der Waals surface area contributed by atoms with E-state index in [0.29, 0.717) is 10.7 Å². The molecule has 3 aromatic carbocycles. The maximum atomic E-state index is 13.9. The summed E-state index contributed by atoms with van der Waals surface area (Å²) in [6.07, 6.45) is 0.847.